The molecule has 3 heteroatoms. The molecule has 0 aromatic heterocycles. The van der Waals surface area contributed by atoms with Crippen LogP contribution >= 0.6 is 0 Å². The quantitative estimate of drug-likeness (QED) is 0.800. The summed E-state index contributed by atoms with van der Waals surface area (Å²) in [4.78, 5) is 11.6. The van der Waals surface area contributed by atoms with Crippen molar-refractivity contribution in [2.24, 2.45) is 5.73 Å². The van der Waals surface area contributed by atoms with E-state index in [4.69, 9.17) is 5.73 Å². The molecule has 0 radical (unpaired) electrons. The molecule has 0 aliphatic rings. The number of anilines is 1. The van der Waals surface area contributed by atoms with E-state index in [9.17, 15) is 4.79 Å². The van der Waals surface area contributed by atoms with Gasteiger partial charge in [0.1, 0.15) is 0 Å². The number of hydrogen-bond acceptors (Lipinski definition) is 2. The van der Waals surface area contributed by atoms with E-state index in [0.717, 1.165) is 24.1 Å². The topological polar surface area (TPSA) is 55.1 Å². The molecule has 0 heterocycles. The smallest absolute Gasteiger partial charge is 0.225 e. The Morgan fingerprint density at radius 1 is 1.50 bits per heavy atom. The molecule has 0 saturated carbocycles. The van der Waals surface area contributed by atoms with Gasteiger partial charge in [-0.2, -0.15) is 0 Å². The van der Waals surface area contributed by atoms with Gasteiger partial charge in [0.05, 0.1) is 0 Å². The number of carbonyl (C=O) groups excluding carboxylic acids is 1. The van der Waals surface area contributed by atoms with Crippen molar-refractivity contribution >= 4 is 11.6 Å². The molecular formula is C13H20N2O. The van der Waals surface area contributed by atoms with E-state index in [0.29, 0.717) is 6.42 Å². The molecule has 0 bridgehead atoms. The zero-order valence-corrected chi connectivity index (χ0v) is 9.99. The van der Waals surface area contributed by atoms with E-state index in [1.54, 1.807) is 0 Å². The summed E-state index contributed by atoms with van der Waals surface area (Å²) < 4.78 is 0. The fraction of sp³-hybridized carbons (Fsp3) is 0.462. The highest BCUT2D eigenvalue weighted by atomic mass is 16.1. The Kier molecular flexibility index (Phi) is 4.99. The fourth-order valence-electron chi connectivity index (χ4n) is 1.65. The minimum Gasteiger partial charge on any atom is -0.327 e. The Morgan fingerprint density at radius 2 is 2.25 bits per heavy atom. The number of rotatable bonds is 5. The molecule has 1 rings (SSSR count). The first-order valence-electron chi connectivity index (χ1n) is 5.74. The Hall–Kier alpha value is -1.35. The van der Waals surface area contributed by atoms with E-state index in [1.807, 2.05) is 31.2 Å². The van der Waals surface area contributed by atoms with E-state index in [1.165, 1.54) is 0 Å². The number of amides is 1. The third-order valence-electron chi connectivity index (χ3n) is 2.41. The molecule has 88 valence electrons. The monoisotopic (exact) mass is 220 g/mol. The van der Waals surface area contributed by atoms with Crippen molar-refractivity contribution in [1.29, 1.82) is 0 Å². The summed E-state index contributed by atoms with van der Waals surface area (Å²) in [5.41, 5.74) is 7.78. The molecule has 1 aromatic rings. The van der Waals surface area contributed by atoms with Gasteiger partial charge in [-0.05, 0) is 31.0 Å². The van der Waals surface area contributed by atoms with Gasteiger partial charge in [-0.25, -0.2) is 0 Å². The molecular weight excluding hydrogens is 200 g/mol. The van der Waals surface area contributed by atoms with Gasteiger partial charge in [-0.1, -0.05) is 25.5 Å². The highest BCUT2D eigenvalue weighted by Crippen LogP contribution is 2.10. The highest BCUT2D eigenvalue weighted by Gasteiger charge is 2.08. The van der Waals surface area contributed by atoms with Gasteiger partial charge in [0.2, 0.25) is 5.91 Å². The predicted molar refractivity (Wildman–Crippen MR) is 67.3 cm³/mol. The number of nitrogens with one attached hydrogen (secondary N) is 1. The summed E-state index contributed by atoms with van der Waals surface area (Å²) in [6, 6.07) is 7.73. The van der Waals surface area contributed by atoms with Gasteiger partial charge in [-0.3, -0.25) is 4.79 Å². The lowest BCUT2D eigenvalue weighted by Crippen LogP contribution is -2.26. The van der Waals surface area contributed by atoms with Crippen molar-refractivity contribution in [3.05, 3.63) is 29.8 Å². The van der Waals surface area contributed by atoms with Crippen LogP contribution in [0.15, 0.2) is 24.3 Å². The van der Waals surface area contributed by atoms with Crippen LogP contribution in [0.2, 0.25) is 0 Å². The average molecular weight is 220 g/mol. The molecule has 0 aliphatic carbocycles. The first-order valence-corrected chi connectivity index (χ1v) is 5.74. The number of hydrogen-bond donors (Lipinski definition) is 2. The van der Waals surface area contributed by atoms with Crippen LogP contribution in [0, 0.1) is 6.92 Å². The van der Waals surface area contributed by atoms with Crippen molar-refractivity contribution in [1.82, 2.24) is 0 Å². The maximum absolute atomic E-state index is 11.6. The molecule has 3 N–H and O–H groups in total. The van der Waals surface area contributed by atoms with Crippen LogP contribution in [0.3, 0.4) is 0 Å². The Morgan fingerprint density at radius 3 is 2.88 bits per heavy atom. The molecule has 1 aromatic carbocycles. The van der Waals surface area contributed by atoms with Crippen LogP contribution in [0.4, 0.5) is 5.69 Å². The largest absolute Gasteiger partial charge is 0.327 e. The van der Waals surface area contributed by atoms with Crippen molar-refractivity contribution in [3.63, 3.8) is 0 Å². The summed E-state index contributed by atoms with van der Waals surface area (Å²) in [7, 11) is 0. The lowest BCUT2D eigenvalue weighted by Gasteiger charge is -2.10. The van der Waals surface area contributed by atoms with Crippen molar-refractivity contribution in [3.8, 4) is 0 Å². The lowest BCUT2D eigenvalue weighted by molar-refractivity contribution is -0.116. The van der Waals surface area contributed by atoms with Gasteiger partial charge in [0.25, 0.3) is 0 Å². The summed E-state index contributed by atoms with van der Waals surface area (Å²) in [6.07, 6.45) is 2.29. The highest BCUT2D eigenvalue weighted by molar-refractivity contribution is 5.91. The normalized spacial score (nSPS) is 12.2. The molecule has 3 nitrogen and oxygen atoms in total. The van der Waals surface area contributed by atoms with Crippen LogP contribution in [-0.4, -0.2) is 11.9 Å². The zero-order valence-electron chi connectivity index (χ0n) is 9.99. The molecule has 0 fully saturated rings. The van der Waals surface area contributed by atoms with Crippen LogP contribution < -0.4 is 11.1 Å². The van der Waals surface area contributed by atoms with Gasteiger partial charge in [-0.15, -0.1) is 0 Å². The van der Waals surface area contributed by atoms with Crippen LogP contribution in [0.1, 0.15) is 31.7 Å². The number of nitrogens with two attached hydrogens (primary N) is 1. The van der Waals surface area contributed by atoms with Gasteiger partial charge < -0.3 is 11.1 Å². The summed E-state index contributed by atoms with van der Waals surface area (Å²) in [5.74, 6) is -0.00782. The van der Waals surface area contributed by atoms with Crippen LogP contribution in [-0.2, 0) is 4.79 Å². The Balaban J connectivity index is 2.45. The predicted octanol–water partition coefficient (Wildman–Crippen LogP) is 2.45. The number of benzene rings is 1. The van der Waals surface area contributed by atoms with Gasteiger partial charge >= 0.3 is 0 Å². The fourth-order valence-corrected chi connectivity index (χ4v) is 1.65. The standard InChI is InChI=1S/C13H20N2O/c1-3-5-11(14)9-13(16)15-12-7-4-6-10(2)8-12/h4,6-8,11H,3,5,9,14H2,1-2H3,(H,15,16). The summed E-state index contributed by atoms with van der Waals surface area (Å²) in [6.45, 7) is 4.07. The van der Waals surface area contributed by atoms with Crippen molar-refractivity contribution in [2.75, 3.05) is 5.32 Å². The third-order valence-corrected chi connectivity index (χ3v) is 2.41. The third kappa shape index (κ3) is 4.45. The number of carbonyl (C=O) groups is 1. The Bertz CT molecular complexity index is 350. The molecule has 0 aliphatic heterocycles. The molecule has 0 saturated heterocycles. The Labute approximate surface area is 97.0 Å². The second-order valence-corrected chi connectivity index (χ2v) is 4.17. The van der Waals surface area contributed by atoms with E-state index < -0.39 is 0 Å². The van der Waals surface area contributed by atoms with Crippen molar-refractivity contribution in [2.45, 2.75) is 39.2 Å². The van der Waals surface area contributed by atoms with Crippen LogP contribution in [0.5, 0.6) is 0 Å². The molecule has 1 atom stereocenters. The zero-order chi connectivity index (χ0) is 12.0. The second kappa shape index (κ2) is 6.28. The first-order chi connectivity index (χ1) is 7.61. The van der Waals surface area contributed by atoms with E-state index >= 15 is 0 Å². The lowest BCUT2D eigenvalue weighted by atomic mass is 10.1. The van der Waals surface area contributed by atoms with E-state index in [-0.39, 0.29) is 11.9 Å². The first kappa shape index (κ1) is 12.7. The molecule has 0 spiro atoms. The minimum atomic E-state index is -0.0326. The van der Waals surface area contributed by atoms with Crippen LogP contribution in [0.25, 0.3) is 0 Å². The summed E-state index contributed by atoms with van der Waals surface area (Å²) in [5, 5.41) is 2.85. The van der Waals surface area contributed by atoms with Gasteiger partial charge in [0.15, 0.2) is 0 Å². The number of aryl methyl sites for hydroxylation is 1. The average Bonchev–Trinajstić information content (AvgIpc) is 2.17. The second-order valence-electron chi connectivity index (χ2n) is 4.17. The maximum Gasteiger partial charge on any atom is 0.225 e. The summed E-state index contributed by atoms with van der Waals surface area (Å²) >= 11 is 0. The molecule has 1 unspecified atom stereocenters. The van der Waals surface area contributed by atoms with Gasteiger partial charge in [0, 0.05) is 18.2 Å². The maximum atomic E-state index is 11.6. The SMILES string of the molecule is CCCC(N)CC(=O)Nc1cccc(C)c1. The van der Waals surface area contributed by atoms with E-state index in [2.05, 4.69) is 12.2 Å². The minimum absolute atomic E-state index is 0.00782. The molecule has 1 amide bonds. The molecule has 16 heavy (non-hydrogen) atoms. The van der Waals surface area contributed by atoms with Crippen molar-refractivity contribution < 1.29 is 4.79 Å².